The van der Waals surface area contributed by atoms with Crippen LogP contribution in [0.2, 0.25) is 0 Å². The maximum Gasteiger partial charge on any atom is 0.573 e. The van der Waals surface area contributed by atoms with Crippen molar-refractivity contribution in [2.75, 3.05) is 6.54 Å². The molecule has 2 aliphatic rings. The summed E-state index contributed by atoms with van der Waals surface area (Å²) in [5.41, 5.74) is 0.463. The van der Waals surface area contributed by atoms with E-state index < -0.39 is 45.9 Å². The van der Waals surface area contributed by atoms with Crippen LogP contribution in [0.3, 0.4) is 0 Å². The molecule has 11 heteroatoms. The van der Waals surface area contributed by atoms with Gasteiger partial charge >= 0.3 is 6.36 Å². The Hall–Kier alpha value is -2.24. The molecular weight excluding hydrogens is 443 g/mol. The Morgan fingerprint density at radius 3 is 2.23 bits per heavy atom. The Kier molecular flexibility index (Phi) is 5.69. The number of hydrogen-bond acceptors (Lipinski definition) is 4. The van der Waals surface area contributed by atoms with Crippen molar-refractivity contribution < 1.29 is 35.1 Å². The summed E-state index contributed by atoms with van der Waals surface area (Å²) in [4.78, 5) is 1.86. The second kappa shape index (κ2) is 8.03. The van der Waals surface area contributed by atoms with Crippen molar-refractivity contribution in [1.29, 1.82) is 0 Å². The molecule has 1 saturated heterocycles. The van der Waals surface area contributed by atoms with E-state index in [4.69, 9.17) is 0 Å². The van der Waals surface area contributed by atoms with E-state index in [1.165, 1.54) is 6.07 Å². The average Bonchev–Trinajstić information content (AvgIpc) is 3.44. The quantitative estimate of drug-likeness (QED) is 0.657. The van der Waals surface area contributed by atoms with Gasteiger partial charge in [0.1, 0.15) is 5.75 Å². The summed E-state index contributed by atoms with van der Waals surface area (Å²) in [6.45, 7) is 0.583. The van der Waals surface area contributed by atoms with E-state index in [0.717, 1.165) is 49.2 Å². The van der Waals surface area contributed by atoms with Gasteiger partial charge in [-0.15, -0.1) is 13.2 Å². The molecule has 1 aliphatic heterocycles. The van der Waals surface area contributed by atoms with E-state index >= 15 is 0 Å². The summed E-state index contributed by atoms with van der Waals surface area (Å²) < 4.78 is 96.2. The number of sulfonamides is 1. The van der Waals surface area contributed by atoms with Gasteiger partial charge in [0.05, 0.1) is 10.9 Å². The molecule has 0 radical (unpaired) electrons. The molecule has 1 heterocycles. The minimum atomic E-state index is -4.88. The molecule has 2 aromatic rings. The summed E-state index contributed by atoms with van der Waals surface area (Å²) in [7, 11) is -4.07. The van der Waals surface area contributed by atoms with E-state index in [-0.39, 0.29) is 10.9 Å². The summed E-state index contributed by atoms with van der Waals surface area (Å²) in [6.07, 6.45) is -2.54. The molecule has 2 fully saturated rings. The Morgan fingerprint density at radius 2 is 1.65 bits per heavy atom. The third-order valence-electron chi connectivity index (χ3n) is 5.41. The topological polar surface area (TPSA) is 58.6 Å². The van der Waals surface area contributed by atoms with E-state index in [1.807, 2.05) is 0 Å². The first-order valence-electron chi connectivity index (χ1n) is 9.62. The van der Waals surface area contributed by atoms with Crippen molar-refractivity contribution in [3.63, 3.8) is 0 Å². The molecule has 0 spiro atoms. The van der Waals surface area contributed by atoms with Crippen LogP contribution in [0.25, 0.3) is 0 Å². The number of rotatable bonds is 6. The van der Waals surface area contributed by atoms with Crippen LogP contribution in [0.15, 0.2) is 47.4 Å². The van der Waals surface area contributed by atoms with Gasteiger partial charge in [0.15, 0.2) is 11.6 Å². The third kappa shape index (κ3) is 4.99. The summed E-state index contributed by atoms with van der Waals surface area (Å²) >= 11 is 0. The summed E-state index contributed by atoms with van der Waals surface area (Å²) in [5, 5.41) is 0. The predicted molar refractivity (Wildman–Crippen MR) is 101 cm³/mol. The van der Waals surface area contributed by atoms with Crippen LogP contribution in [0.4, 0.5) is 22.0 Å². The first-order valence-corrected chi connectivity index (χ1v) is 11.1. The zero-order chi connectivity index (χ0) is 22.4. The number of alkyl halides is 3. The van der Waals surface area contributed by atoms with Crippen LogP contribution in [-0.4, -0.2) is 38.3 Å². The second-order valence-electron chi connectivity index (χ2n) is 7.62. The predicted octanol–water partition coefficient (Wildman–Crippen LogP) is 4.12. The van der Waals surface area contributed by atoms with Gasteiger partial charge in [-0.2, -0.15) is 0 Å². The van der Waals surface area contributed by atoms with Crippen LogP contribution >= 0.6 is 0 Å². The molecule has 5 nitrogen and oxygen atoms in total. The van der Waals surface area contributed by atoms with Crippen LogP contribution in [0.5, 0.6) is 5.75 Å². The fourth-order valence-electron chi connectivity index (χ4n) is 3.96. The lowest BCUT2D eigenvalue weighted by Crippen LogP contribution is -2.40. The first-order chi connectivity index (χ1) is 14.5. The summed E-state index contributed by atoms with van der Waals surface area (Å²) in [6, 6.07) is 6.56. The summed E-state index contributed by atoms with van der Waals surface area (Å²) in [5.74, 6) is -2.54. The highest BCUT2D eigenvalue weighted by atomic mass is 32.2. The Morgan fingerprint density at radius 1 is 0.968 bits per heavy atom. The van der Waals surface area contributed by atoms with Crippen LogP contribution in [-0.2, 0) is 10.0 Å². The van der Waals surface area contributed by atoms with Crippen molar-refractivity contribution in [3.8, 4) is 5.75 Å². The molecule has 2 aromatic carbocycles. The second-order valence-corrected chi connectivity index (χ2v) is 9.34. The molecular formula is C20H19F5N2O3S. The Labute approximate surface area is 175 Å². The van der Waals surface area contributed by atoms with Crippen molar-refractivity contribution in [1.82, 2.24) is 9.62 Å². The SMILES string of the molecule is O=S(=O)(N[C@@H]1CCN(C2CC2)[C@@H]1c1ccc(F)c(F)c1)c1ccc(OC(F)(F)F)cc1. The normalized spacial score (nSPS) is 22.6. The lowest BCUT2D eigenvalue weighted by molar-refractivity contribution is -0.274. The van der Waals surface area contributed by atoms with Crippen molar-refractivity contribution >= 4 is 10.0 Å². The van der Waals surface area contributed by atoms with Gasteiger partial charge in [0.25, 0.3) is 0 Å². The minimum Gasteiger partial charge on any atom is -0.406 e. The molecule has 2 atom stereocenters. The van der Waals surface area contributed by atoms with Gasteiger partial charge < -0.3 is 4.74 Å². The van der Waals surface area contributed by atoms with E-state index in [1.54, 1.807) is 0 Å². The van der Waals surface area contributed by atoms with Gasteiger partial charge in [-0.25, -0.2) is 21.9 Å². The van der Waals surface area contributed by atoms with Gasteiger partial charge in [-0.3, -0.25) is 4.90 Å². The standard InChI is InChI=1S/C20H19F5N2O3S/c21-16-8-1-12(11-17(16)22)19-18(9-10-27(19)13-2-3-13)26-31(28,29)15-6-4-14(5-7-15)30-20(23,24)25/h1,4-8,11,13,18-19,26H,2-3,9-10H2/t18-,19-/m1/s1. The van der Waals surface area contributed by atoms with Gasteiger partial charge in [0.2, 0.25) is 10.0 Å². The first kappa shape index (κ1) is 22.0. The highest BCUT2D eigenvalue weighted by Crippen LogP contribution is 2.41. The number of likely N-dealkylation sites (tertiary alicyclic amines) is 1. The molecule has 4 rings (SSSR count). The fourth-order valence-corrected chi connectivity index (χ4v) is 5.24. The van der Waals surface area contributed by atoms with E-state index in [0.29, 0.717) is 18.5 Å². The number of ether oxygens (including phenoxy) is 1. The highest BCUT2D eigenvalue weighted by Gasteiger charge is 2.44. The van der Waals surface area contributed by atoms with Crippen molar-refractivity contribution in [2.24, 2.45) is 0 Å². The Balaban J connectivity index is 1.56. The number of halogens is 5. The van der Waals surface area contributed by atoms with Gasteiger partial charge in [0, 0.05) is 18.6 Å². The molecule has 0 amide bonds. The highest BCUT2D eigenvalue weighted by molar-refractivity contribution is 7.89. The molecule has 31 heavy (non-hydrogen) atoms. The zero-order valence-corrected chi connectivity index (χ0v) is 16.9. The average molecular weight is 462 g/mol. The third-order valence-corrected chi connectivity index (χ3v) is 6.92. The Bertz CT molecular complexity index is 1060. The number of benzene rings is 2. The lowest BCUT2D eigenvalue weighted by atomic mass is 10.0. The number of nitrogens with zero attached hydrogens (tertiary/aromatic N) is 1. The molecule has 1 aliphatic carbocycles. The van der Waals surface area contributed by atoms with E-state index in [9.17, 15) is 30.4 Å². The maximum atomic E-state index is 13.8. The largest absolute Gasteiger partial charge is 0.573 e. The van der Waals surface area contributed by atoms with Crippen LogP contribution < -0.4 is 9.46 Å². The van der Waals surface area contributed by atoms with E-state index in [2.05, 4.69) is 14.4 Å². The van der Waals surface area contributed by atoms with Gasteiger partial charge in [-0.1, -0.05) is 6.07 Å². The number of nitrogens with one attached hydrogen (secondary N) is 1. The minimum absolute atomic E-state index is 0.226. The lowest BCUT2D eigenvalue weighted by Gasteiger charge is -2.29. The molecule has 0 unspecified atom stereocenters. The van der Waals surface area contributed by atoms with Crippen LogP contribution in [0, 0.1) is 11.6 Å². The van der Waals surface area contributed by atoms with Gasteiger partial charge in [-0.05, 0) is 61.2 Å². The maximum absolute atomic E-state index is 13.8. The smallest absolute Gasteiger partial charge is 0.406 e. The molecule has 0 aromatic heterocycles. The van der Waals surface area contributed by atoms with Crippen LogP contribution in [0.1, 0.15) is 30.9 Å². The van der Waals surface area contributed by atoms with Crippen molar-refractivity contribution in [2.45, 2.75) is 48.6 Å². The molecule has 168 valence electrons. The zero-order valence-electron chi connectivity index (χ0n) is 16.1. The van der Waals surface area contributed by atoms with Crippen molar-refractivity contribution in [3.05, 3.63) is 59.7 Å². The fraction of sp³-hybridized carbons (Fsp3) is 0.400. The molecule has 0 bridgehead atoms. The monoisotopic (exact) mass is 462 g/mol. The molecule has 1 saturated carbocycles. The molecule has 1 N–H and O–H groups in total. The number of hydrogen-bond donors (Lipinski definition) is 1.